The number of carbonyl (C=O) groups excluding carboxylic acids is 1. The van der Waals surface area contributed by atoms with Gasteiger partial charge in [-0.2, -0.15) is 0 Å². The molecule has 1 fully saturated rings. The summed E-state index contributed by atoms with van der Waals surface area (Å²) in [7, 11) is 1.59. The highest BCUT2D eigenvalue weighted by atomic mass is 16.6. The van der Waals surface area contributed by atoms with Crippen LogP contribution < -0.4 is 21.0 Å². The maximum Gasteiger partial charge on any atom is 0.346 e. The number of benzene rings is 1. The SMILES string of the molecule is C=CCCNC(=O)Nc1ccc2c(C3CC3)c(OCCOC)oc(=O)c2c1. The molecule has 0 aliphatic heterocycles. The van der Waals surface area contributed by atoms with Gasteiger partial charge in [0.1, 0.15) is 6.61 Å². The van der Waals surface area contributed by atoms with Gasteiger partial charge >= 0.3 is 11.7 Å². The summed E-state index contributed by atoms with van der Waals surface area (Å²) >= 11 is 0. The highest BCUT2D eigenvalue weighted by Gasteiger charge is 2.31. The Morgan fingerprint density at radius 3 is 2.85 bits per heavy atom. The first-order valence-corrected chi connectivity index (χ1v) is 9.02. The summed E-state index contributed by atoms with van der Waals surface area (Å²) in [5.41, 5.74) is 0.959. The number of hydrogen-bond donors (Lipinski definition) is 2. The molecule has 3 rings (SSSR count). The van der Waals surface area contributed by atoms with Crippen LogP contribution in [-0.2, 0) is 4.74 Å². The van der Waals surface area contributed by atoms with E-state index in [-0.39, 0.29) is 12.0 Å². The molecule has 0 bridgehead atoms. The predicted octanol–water partition coefficient (Wildman–Crippen LogP) is 3.39. The van der Waals surface area contributed by atoms with E-state index in [4.69, 9.17) is 13.9 Å². The largest absolute Gasteiger partial charge is 0.462 e. The van der Waals surface area contributed by atoms with Gasteiger partial charge in [-0.15, -0.1) is 6.58 Å². The van der Waals surface area contributed by atoms with Crippen molar-refractivity contribution in [2.45, 2.75) is 25.2 Å². The van der Waals surface area contributed by atoms with Gasteiger partial charge in [0, 0.05) is 24.9 Å². The van der Waals surface area contributed by atoms with E-state index in [9.17, 15) is 9.59 Å². The number of urea groups is 1. The lowest BCUT2D eigenvalue weighted by atomic mass is 10.0. The fourth-order valence-corrected chi connectivity index (χ4v) is 2.88. The Kier molecular flexibility index (Phi) is 6.13. The van der Waals surface area contributed by atoms with Crippen molar-refractivity contribution in [3.8, 4) is 5.95 Å². The van der Waals surface area contributed by atoms with Gasteiger partial charge in [-0.25, -0.2) is 9.59 Å². The van der Waals surface area contributed by atoms with Gasteiger partial charge in [-0.05, 0) is 42.7 Å². The second-order valence-corrected chi connectivity index (χ2v) is 6.42. The number of rotatable bonds is 9. The Balaban J connectivity index is 1.87. The summed E-state index contributed by atoms with van der Waals surface area (Å²) in [5, 5.41) is 6.68. The summed E-state index contributed by atoms with van der Waals surface area (Å²) in [4.78, 5) is 24.4. The van der Waals surface area contributed by atoms with Crippen LogP contribution in [0, 0.1) is 0 Å². The fourth-order valence-electron chi connectivity index (χ4n) is 2.88. The van der Waals surface area contributed by atoms with Crippen molar-refractivity contribution < 1.29 is 18.7 Å². The fraction of sp³-hybridized carbons (Fsp3) is 0.400. The summed E-state index contributed by atoms with van der Waals surface area (Å²) < 4.78 is 16.1. The molecule has 2 aromatic rings. The van der Waals surface area contributed by atoms with Crippen molar-refractivity contribution in [3.63, 3.8) is 0 Å². The quantitative estimate of drug-likeness (QED) is 0.520. The van der Waals surface area contributed by atoms with E-state index < -0.39 is 5.63 Å². The second kappa shape index (κ2) is 8.73. The summed E-state index contributed by atoms with van der Waals surface area (Å²) in [6.07, 6.45) is 4.49. The number of nitrogens with one attached hydrogen (secondary N) is 2. The molecule has 0 atom stereocenters. The van der Waals surface area contributed by atoms with Crippen molar-refractivity contribution in [1.82, 2.24) is 5.32 Å². The van der Waals surface area contributed by atoms with E-state index in [2.05, 4.69) is 17.2 Å². The van der Waals surface area contributed by atoms with E-state index in [1.165, 1.54) is 0 Å². The first-order chi connectivity index (χ1) is 13.1. The molecular formula is C20H24N2O5. The van der Waals surface area contributed by atoms with E-state index in [0.29, 0.717) is 43.2 Å². The van der Waals surface area contributed by atoms with Gasteiger partial charge in [-0.1, -0.05) is 12.1 Å². The van der Waals surface area contributed by atoms with E-state index in [1.54, 1.807) is 25.3 Å². The van der Waals surface area contributed by atoms with Crippen LogP contribution in [-0.4, -0.2) is 32.9 Å². The highest BCUT2D eigenvalue weighted by Crippen LogP contribution is 2.47. The molecule has 0 spiro atoms. The van der Waals surface area contributed by atoms with Gasteiger partial charge in [0.25, 0.3) is 5.95 Å². The normalized spacial score (nSPS) is 13.4. The molecule has 1 saturated carbocycles. The van der Waals surface area contributed by atoms with Crippen LogP contribution in [0.1, 0.15) is 30.7 Å². The number of amides is 2. The van der Waals surface area contributed by atoms with E-state index >= 15 is 0 Å². The Morgan fingerprint density at radius 1 is 1.33 bits per heavy atom. The minimum atomic E-state index is -0.488. The van der Waals surface area contributed by atoms with Gasteiger partial charge in [-0.3, -0.25) is 0 Å². The molecule has 7 heteroatoms. The molecule has 2 amide bonds. The molecule has 0 unspecified atom stereocenters. The van der Waals surface area contributed by atoms with Crippen molar-refractivity contribution >= 4 is 22.5 Å². The van der Waals surface area contributed by atoms with Crippen LogP contribution in [0.3, 0.4) is 0 Å². The Labute approximate surface area is 157 Å². The molecule has 2 N–H and O–H groups in total. The third-order valence-corrected chi connectivity index (χ3v) is 4.33. The van der Waals surface area contributed by atoms with Crippen LogP contribution in [0.2, 0.25) is 0 Å². The third-order valence-electron chi connectivity index (χ3n) is 4.33. The first kappa shape index (κ1) is 19.0. The van der Waals surface area contributed by atoms with Gasteiger partial charge < -0.3 is 24.5 Å². The lowest BCUT2D eigenvalue weighted by molar-refractivity contribution is 0.126. The van der Waals surface area contributed by atoms with E-state index in [0.717, 1.165) is 23.8 Å². The Hall–Kier alpha value is -2.80. The smallest absolute Gasteiger partial charge is 0.346 e. The molecule has 7 nitrogen and oxygen atoms in total. The number of methoxy groups -OCH3 is 1. The Morgan fingerprint density at radius 2 is 2.15 bits per heavy atom. The molecule has 1 heterocycles. The highest BCUT2D eigenvalue weighted by molar-refractivity contribution is 5.94. The van der Waals surface area contributed by atoms with Crippen LogP contribution >= 0.6 is 0 Å². The molecular weight excluding hydrogens is 348 g/mol. The van der Waals surface area contributed by atoms with Crippen molar-refractivity contribution in [2.75, 3.05) is 32.2 Å². The lowest BCUT2D eigenvalue weighted by Gasteiger charge is -2.13. The zero-order chi connectivity index (χ0) is 19.2. The molecule has 1 aromatic carbocycles. The lowest BCUT2D eigenvalue weighted by Crippen LogP contribution is -2.29. The molecule has 1 aromatic heterocycles. The molecule has 0 radical (unpaired) electrons. The number of anilines is 1. The predicted molar refractivity (Wildman–Crippen MR) is 104 cm³/mol. The summed E-state index contributed by atoms with van der Waals surface area (Å²) in [5.74, 6) is 0.602. The molecule has 144 valence electrons. The minimum absolute atomic E-state index is 0.273. The second-order valence-electron chi connectivity index (χ2n) is 6.42. The number of ether oxygens (including phenoxy) is 2. The van der Waals surface area contributed by atoms with Gasteiger partial charge in [0.2, 0.25) is 0 Å². The number of fused-ring (bicyclic) bond motifs is 1. The minimum Gasteiger partial charge on any atom is -0.462 e. The van der Waals surface area contributed by atoms with E-state index in [1.807, 2.05) is 6.07 Å². The standard InChI is InChI=1S/C20H24N2O5/c1-3-4-9-21-20(24)22-14-7-8-15-16(12-14)18(23)27-19(26-11-10-25-2)17(15)13-5-6-13/h3,7-8,12-13H,1,4-6,9-11H2,2H3,(H2,21,22,24). The topological polar surface area (TPSA) is 89.8 Å². The van der Waals surface area contributed by atoms with Crippen molar-refractivity contribution in [2.24, 2.45) is 0 Å². The zero-order valence-corrected chi connectivity index (χ0v) is 15.4. The zero-order valence-electron chi connectivity index (χ0n) is 15.4. The summed E-state index contributed by atoms with van der Waals surface area (Å²) in [6.45, 7) is 4.84. The molecule has 1 aliphatic rings. The number of carbonyl (C=O) groups is 1. The van der Waals surface area contributed by atoms with Gasteiger partial charge in [0.15, 0.2) is 0 Å². The van der Waals surface area contributed by atoms with Crippen LogP contribution in [0.25, 0.3) is 10.8 Å². The van der Waals surface area contributed by atoms with Crippen molar-refractivity contribution in [1.29, 1.82) is 0 Å². The maximum absolute atomic E-state index is 12.5. The molecule has 27 heavy (non-hydrogen) atoms. The average Bonchev–Trinajstić information content (AvgIpc) is 3.48. The monoisotopic (exact) mass is 372 g/mol. The van der Waals surface area contributed by atoms with Crippen LogP contribution in [0.5, 0.6) is 5.95 Å². The number of hydrogen-bond acceptors (Lipinski definition) is 5. The van der Waals surface area contributed by atoms with Crippen LogP contribution in [0.4, 0.5) is 10.5 Å². The third kappa shape index (κ3) is 4.68. The first-order valence-electron chi connectivity index (χ1n) is 9.02. The van der Waals surface area contributed by atoms with Crippen LogP contribution in [0.15, 0.2) is 40.1 Å². The molecule has 0 saturated heterocycles. The molecule has 1 aliphatic carbocycles. The summed E-state index contributed by atoms with van der Waals surface area (Å²) in [6, 6.07) is 4.92. The van der Waals surface area contributed by atoms with Crippen molar-refractivity contribution in [3.05, 3.63) is 46.8 Å². The Bertz CT molecular complexity index is 886. The average molecular weight is 372 g/mol. The maximum atomic E-state index is 12.5. The van der Waals surface area contributed by atoms with Gasteiger partial charge in [0.05, 0.1) is 12.0 Å².